The van der Waals surface area contributed by atoms with Crippen molar-refractivity contribution >= 4 is 69.1 Å². The van der Waals surface area contributed by atoms with Gasteiger partial charge in [0.05, 0.1) is 33.6 Å². The lowest BCUT2D eigenvalue weighted by atomic mass is 9.82. The Kier molecular flexibility index (Phi) is 11.9. The lowest BCUT2D eigenvalue weighted by Crippen LogP contribution is -2.29. The zero-order valence-corrected chi connectivity index (χ0v) is 54.7. The second kappa shape index (κ2) is 20.0. The highest BCUT2D eigenvalue weighted by molar-refractivity contribution is 6.36. The van der Waals surface area contributed by atoms with Crippen LogP contribution in [0.1, 0.15) is 141 Å². The Labute approximate surface area is 559 Å². The highest BCUT2D eigenvalue weighted by atomic mass is 16.2. The van der Waals surface area contributed by atoms with Crippen molar-refractivity contribution in [3.8, 4) is 55.6 Å². The van der Waals surface area contributed by atoms with Crippen molar-refractivity contribution in [2.75, 3.05) is 19.6 Å². The molecule has 8 heteroatoms. The molecule has 12 aromatic carbocycles. The van der Waals surface area contributed by atoms with Crippen LogP contribution >= 0.6 is 0 Å². The van der Waals surface area contributed by atoms with Crippen LogP contribution < -0.4 is 19.6 Å². The summed E-state index contributed by atoms with van der Waals surface area (Å²) in [4.78, 5) is 66.5. The van der Waals surface area contributed by atoms with Gasteiger partial charge in [0.1, 0.15) is 0 Å². The molecule has 8 nitrogen and oxygen atoms in total. The first-order chi connectivity index (χ1) is 46.3. The molecule has 0 fully saturated rings. The van der Waals surface area contributed by atoms with Crippen molar-refractivity contribution in [1.82, 2.24) is 0 Å². The number of rotatable bonds is 9. The number of carbonyl (C=O) groups excluding carboxylic acids is 4. The van der Waals surface area contributed by atoms with Gasteiger partial charge in [0.15, 0.2) is 0 Å². The molecule has 0 radical (unpaired) electrons. The zero-order chi connectivity index (χ0) is 65.6. The van der Waals surface area contributed by atoms with Gasteiger partial charge in [0, 0.05) is 55.8 Å². The first kappa shape index (κ1) is 57.2. The van der Waals surface area contributed by atoms with Crippen LogP contribution in [0.3, 0.4) is 0 Å². The maximum absolute atomic E-state index is 15.0. The van der Waals surface area contributed by atoms with E-state index in [4.69, 9.17) is 0 Å². The Balaban J connectivity index is 0.667. The van der Waals surface area contributed by atoms with Crippen LogP contribution in [-0.4, -0.2) is 23.6 Å². The first-order valence-electron chi connectivity index (χ1n) is 33.1. The van der Waals surface area contributed by atoms with Gasteiger partial charge in [0.25, 0.3) is 23.6 Å². The third-order valence-corrected chi connectivity index (χ3v) is 22.1. The van der Waals surface area contributed by atoms with Crippen LogP contribution in [0.25, 0.3) is 55.6 Å². The average molecular weight is 1240 g/mol. The van der Waals surface area contributed by atoms with Crippen LogP contribution in [0.2, 0.25) is 0 Å². The molecule has 6 aliphatic rings. The molecule has 0 aromatic heterocycles. The lowest BCUT2D eigenvalue weighted by molar-refractivity contribution is 0.0910. The molecule has 0 saturated carbocycles. The van der Waals surface area contributed by atoms with Gasteiger partial charge in [0.2, 0.25) is 0 Å². The summed E-state index contributed by atoms with van der Waals surface area (Å²) >= 11 is 0. The van der Waals surface area contributed by atoms with E-state index in [1.807, 2.05) is 60.7 Å². The van der Waals surface area contributed by atoms with Crippen LogP contribution in [0, 0.1) is 0 Å². The number of anilines is 8. The van der Waals surface area contributed by atoms with E-state index in [0.717, 1.165) is 34.1 Å². The number of carbonyl (C=O) groups is 4. The van der Waals surface area contributed by atoms with Gasteiger partial charge < -0.3 is 9.80 Å². The monoisotopic (exact) mass is 1240 g/mol. The fourth-order valence-corrected chi connectivity index (χ4v) is 17.1. The fourth-order valence-electron chi connectivity index (χ4n) is 17.1. The van der Waals surface area contributed by atoms with E-state index in [2.05, 4.69) is 235 Å². The molecular formula is C88H66N4O4. The summed E-state index contributed by atoms with van der Waals surface area (Å²) < 4.78 is 0. The number of benzene rings is 12. The van der Waals surface area contributed by atoms with Gasteiger partial charge >= 0.3 is 0 Å². The smallest absolute Gasteiger partial charge is 0.266 e. The number of nitrogens with zero attached hydrogens (tertiary/aromatic N) is 4. The Hall–Kier alpha value is -11.5. The number of fused-ring (bicyclic) bond motifs is 14. The average Bonchev–Trinajstić information content (AvgIpc) is 1.59. The summed E-state index contributed by atoms with van der Waals surface area (Å²) in [6.07, 6.45) is 0. The SMILES string of the molecule is CC1(C)c2ccccc2-c2ccc(N(c3cccc(N4C(=O)c5ccc(-c6ccc7c(c6)C(=O)N(c6cccc(N(c8ccc9c(c8)C(C)(C)c8ccccc8-9)c8ccc9c(c8)C(C)(C)c8ccccc8-9)c6)C7=O)cc5C4=O)c3)c3ccc4c(c3)C(C)(C)c3ccccc3-4)cc21. The van der Waals surface area contributed by atoms with Crippen molar-refractivity contribution in [2.24, 2.45) is 0 Å². The van der Waals surface area contributed by atoms with Crippen molar-refractivity contribution in [1.29, 1.82) is 0 Å². The topological polar surface area (TPSA) is 81.2 Å². The Morgan fingerprint density at radius 1 is 0.219 bits per heavy atom. The highest BCUT2D eigenvalue weighted by Crippen LogP contribution is 2.56. The molecule has 4 amide bonds. The maximum Gasteiger partial charge on any atom is 0.266 e. The zero-order valence-electron chi connectivity index (χ0n) is 54.7. The van der Waals surface area contributed by atoms with Gasteiger partial charge in [-0.15, -0.1) is 0 Å². The molecule has 96 heavy (non-hydrogen) atoms. The number of imide groups is 2. The standard InChI is InChI=1S/C88H66N4O4/c1-85(2)73-27-13-9-23-61(73)65-39-33-57(47-77(65)85)89(58-34-40-66-62-24-10-14-28-74(62)86(3,4)78(66)48-58)53-19-17-21-55(45-53)91-81(93)69-37-31-51(43-71(69)83(91)95)52-32-38-70-72(44-52)84(96)92(82(70)94)56-22-18-20-54(46-56)90(59-35-41-67-63-25-11-15-29-75(63)87(5,6)79(67)49-59)60-36-42-68-64-26-12-16-30-76(64)88(7,8)80(68)50-60/h9-50H,1-8H3. The number of hydrogen-bond donors (Lipinski definition) is 0. The second-order valence-electron chi connectivity index (χ2n) is 28.7. The molecule has 2 aliphatic heterocycles. The van der Waals surface area contributed by atoms with Crippen molar-refractivity contribution < 1.29 is 19.2 Å². The third-order valence-electron chi connectivity index (χ3n) is 22.1. The number of hydrogen-bond acceptors (Lipinski definition) is 6. The molecule has 0 N–H and O–H groups in total. The Morgan fingerprint density at radius 2 is 0.469 bits per heavy atom. The quantitative estimate of drug-likeness (QED) is 0.134. The molecule has 0 unspecified atom stereocenters. The molecule has 0 bridgehead atoms. The first-order valence-corrected chi connectivity index (χ1v) is 33.1. The predicted molar refractivity (Wildman–Crippen MR) is 387 cm³/mol. The largest absolute Gasteiger partial charge is 0.310 e. The molecule has 12 aromatic rings. The normalized spacial score (nSPS) is 16.1. The van der Waals surface area contributed by atoms with Crippen molar-refractivity contribution in [3.63, 3.8) is 0 Å². The van der Waals surface area contributed by atoms with E-state index in [1.54, 1.807) is 24.3 Å². The van der Waals surface area contributed by atoms with Crippen molar-refractivity contribution in [3.05, 3.63) is 322 Å². The van der Waals surface area contributed by atoms with Gasteiger partial charge in [-0.3, -0.25) is 19.2 Å². The molecule has 0 saturated heterocycles. The molecule has 462 valence electrons. The third kappa shape index (κ3) is 7.96. The van der Waals surface area contributed by atoms with Gasteiger partial charge in [-0.2, -0.15) is 0 Å². The van der Waals surface area contributed by atoms with E-state index in [-0.39, 0.29) is 43.9 Å². The van der Waals surface area contributed by atoms with Gasteiger partial charge in [-0.05, 0) is 209 Å². The van der Waals surface area contributed by atoms with Crippen LogP contribution in [0.15, 0.2) is 255 Å². The van der Waals surface area contributed by atoms with E-state index in [9.17, 15) is 19.2 Å². The van der Waals surface area contributed by atoms with Crippen LogP contribution in [0.5, 0.6) is 0 Å². The van der Waals surface area contributed by atoms with E-state index in [0.29, 0.717) is 22.5 Å². The minimum absolute atomic E-state index is 0.249. The molecule has 0 atom stereocenters. The predicted octanol–water partition coefficient (Wildman–Crippen LogP) is 21.1. The maximum atomic E-state index is 15.0. The summed E-state index contributed by atoms with van der Waals surface area (Å²) in [6.45, 7) is 18.3. The molecule has 0 spiro atoms. The lowest BCUT2D eigenvalue weighted by Gasteiger charge is -2.30. The molecule has 18 rings (SSSR count). The summed E-state index contributed by atoms with van der Waals surface area (Å²) in [6, 6.07) is 87.3. The van der Waals surface area contributed by atoms with Crippen LogP contribution in [0.4, 0.5) is 45.5 Å². The minimum Gasteiger partial charge on any atom is -0.310 e. The fraction of sp³-hybridized carbons (Fsp3) is 0.136. The van der Waals surface area contributed by atoms with E-state index < -0.39 is 23.6 Å². The Bertz CT molecular complexity index is 4960. The molecule has 2 heterocycles. The molecule has 4 aliphatic carbocycles. The Morgan fingerprint density at radius 3 is 0.771 bits per heavy atom. The van der Waals surface area contributed by atoms with E-state index >= 15 is 0 Å². The minimum atomic E-state index is -0.454. The molecular weight excluding hydrogens is 1180 g/mol. The number of amides is 4. The van der Waals surface area contributed by atoms with Gasteiger partial charge in [-0.1, -0.05) is 201 Å². The highest BCUT2D eigenvalue weighted by Gasteiger charge is 2.43. The summed E-state index contributed by atoms with van der Waals surface area (Å²) in [5, 5.41) is 0. The summed E-state index contributed by atoms with van der Waals surface area (Å²) in [7, 11) is 0. The summed E-state index contributed by atoms with van der Waals surface area (Å²) in [5.41, 5.74) is 27.4. The van der Waals surface area contributed by atoms with Crippen LogP contribution in [-0.2, 0) is 21.7 Å². The van der Waals surface area contributed by atoms with E-state index in [1.165, 1.54) is 98.8 Å². The second-order valence-corrected chi connectivity index (χ2v) is 28.7. The summed E-state index contributed by atoms with van der Waals surface area (Å²) in [5.74, 6) is -1.77. The van der Waals surface area contributed by atoms with Crippen molar-refractivity contribution in [2.45, 2.75) is 77.0 Å². The van der Waals surface area contributed by atoms with Gasteiger partial charge in [-0.25, -0.2) is 9.80 Å².